The summed E-state index contributed by atoms with van der Waals surface area (Å²) in [7, 11) is 0. The maximum atomic E-state index is 12.3. The van der Waals surface area contributed by atoms with Gasteiger partial charge < -0.3 is 11.1 Å². The molecule has 0 bridgehead atoms. The van der Waals surface area contributed by atoms with Crippen molar-refractivity contribution in [3.8, 4) is 0 Å². The first-order chi connectivity index (χ1) is 12.6. The van der Waals surface area contributed by atoms with Gasteiger partial charge in [0.05, 0.1) is 11.6 Å². The zero-order valence-electron chi connectivity index (χ0n) is 15.0. The lowest BCUT2D eigenvalue weighted by atomic mass is 10.0. The minimum atomic E-state index is -0.615. The number of nitrogens with one attached hydrogen (secondary N) is 1. The number of carbonyl (C=O) groups is 1. The Morgan fingerprint density at radius 2 is 2.12 bits per heavy atom. The van der Waals surface area contributed by atoms with E-state index >= 15 is 0 Å². The van der Waals surface area contributed by atoms with E-state index < -0.39 is 5.54 Å². The van der Waals surface area contributed by atoms with Crippen LogP contribution in [-0.4, -0.2) is 35.7 Å². The van der Waals surface area contributed by atoms with Crippen LogP contribution in [0.4, 0.5) is 0 Å². The Morgan fingerprint density at radius 1 is 1.35 bits per heavy atom. The Balaban J connectivity index is 1.53. The fourth-order valence-electron chi connectivity index (χ4n) is 3.55. The Kier molecular flexibility index (Phi) is 5.10. The standard InChI is InChI=1S/C20H25N3OS2/c1-25-16-4-2-14(3-5-16)17(12-22-19(24)20(21)8-9-20)23-10-6-18-15(13-23)7-11-26-18/h2-5,7,11,17H,6,8-10,12-13,21H2,1H3,(H,22,24). The van der Waals surface area contributed by atoms with Crippen LogP contribution in [0, 0.1) is 0 Å². The van der Waals surface area contributed by atoms with Gasteiger partial charge in [-0.15, -0.1) is 23.1 Å². The third-order valence-electron chi connectivity index (χ3n) is 5.48. The number of fused-ring (bicyclic) bond motifs is 1. The van der Waals surface area contributed by atoms with E-state index in [0.717, 1.165) is 32.4 Å². The molecule has 2 aromatic rings. The van der Waals surface area contributed by atoms with Crippen LogP contribution in [-0.2, 0) is 17.8 Å². The molecule has 4 nitrogen and oxygen atoms in total. The van der Waals surface area contributed by atoms with Crippen molar-refractivity contribution >= 4 is 29.0 Å². The maximum Gasteiger partial charge on any atom is 0.240 e. The lowest BCUT2D eigenvalue weighted by molar-refractivity contribution is -0.123. The van der Waals surface area contributed by atoms with Crippen LogP contribution in [0.15, 0.2) is 40.6 Å². The predicted molar refractivity (Wildman–Crippen MR) is 109 cm³/mol. The van der Waals surface area contributed by atoms with Crippen molar-refractivity contribution in [2.75, 3.05) is 19.3 Å². The van der Waals surface area contributed by atoms with Gasteiger partial charge in [0.25, 0.3) is 0 Å². The first-order valence-corrected chi connectivity index (χ1v) is 11.2. The number of benzene rings is 1. The van der Waals surface area contributed by atoms with Gasteiger partial charge in [0.1, 0.15) is 0 Å². The zero-order valence-corrected chi connectivity index (χ0v) is 16.7. The van der Waals surface area contributed by atoms with Gasteiger partial charge in [0.15, 0.2) is 0 Å². The van der Waals surface area contributed by atoms with Crippen molar-refractivity contribution < 1.29 is 4.79 Å². The normalized spacial score (nSPS) is 19.6. The highest BCUT2D eigenvalue weighted by molar-refractivity contribution is 7.98. The van der Waals surface area contributed by atoms with E-state index in [9.17, 15) is 4.79 Å². The molecule has 2 heterocycles. The third-order valence-corrected chi connectivity index (χ3v) is 7.24. The van der Waals surface area contributed by atoms with Gasteiger partial charge in [-0.1, -0.05) is 12.1 Å². The second-order valence-electron chi connectivity index (χ2n) is 7.24. The average Bonchev–Trinajstić information content (AvgIpc) is 3.25. The number of rotatable bonds is 6. The predicted octanol–water partition coefficient (Wildman–Crippen LogP) is 3.18. The Labute approximate surface area is 163 Å². The molecule has 1 aromatic carbocycles. The summed E-state index contributed by atoms with van der Waals surface area (Å²) in [6, 6.07) is 11.1. The molecule has 0 spiro atoms. The SMILES string of the molecule is CSc1ccc(C(CNC(=O)C2(N)CC2)N2CCc3sccc3C2)cc1. The molecule has 26 heavy (non-hydrogen) atoms. The lowest BCUT2D eigenvalue weighted by Crippen LogP contribution is -2.46. The molecular formula is C20H25N3OS2. The quantitative estimate of drug-likeness (QED) is 0.748. The number of thioether (sulfide) groups is 1. The number of amides is 1. The van der Waals surface area contributed by atoms with E-state index in [2.05, 4.69) is 52.2 Å². The van der Waals surface area contributed by atoms with Gasteiger partial charge in [-0.25, -0.2) is 0 Å². The fraction of sp³-hybridized carbons (Fsp3) is 0.450. The maximum absolute atomic E-state index is 12.3. The van der Waals surface area contributed by atoms with Crippen LogP contribution in [0.2, 0.25) is 0 Å². The summed E-state index contributed by atoms with van der Waals surface area (Å²) >= 11 is 3.60. The summed E-state index contributed by atoms with van der Waals surface area (Å²) < 4.78 is 0. The van der Waals surface area contributed by atoms with Crippen molar-refractivity contribution in [1.82, 2.24) is 10.2 Å². The van der Waals surface area contributed by atoms with Gasteiger partial charge in [-0.2, -0.15) is 0 Å². The van der Waals surface area contributed by atoms with Gasteiger partial charge in [-0.05, 0) is 60.2 Å². The smallest absolute Gasteiger partial charge is 0.240 e. The first kappa shape index (κ1) is 18.0. The molecule has 1 amide bonds. The summed E-state index contributed by atoms with van der Waals surface area (Å²) in [6.07, 6.45) is 4.77. The Morgan fingerprint density at radius 3 is 2.81 bits per heavy atom. The summed E-state index contributed by atoms with van der Waals surface area (Å²) in [5, 5.41) is 5.30. The Bertz CT molecular complexity index is 783. The van der Waals surface area contributed by atoms with Gasteiger partial charge in [0.2, 0.25) is 5.91 Å². The molecule has 4 rings (SSSR count). The molecule has 138 valence electrons. The summed E-state index contributed by atoms with van der Waals surface area (Å²) in [5.74, 6) is -0.00327. The topological polar surface area (TPSA) is 58.4 Å². The van der Waals surface area contributed by atoms with Crippen molar-refractivity contribution in [3.63, 3.8) is 0 Å². The third kappa shape index (κ3) is 3.69. The largest absolute Gasteiger partial charge is 0.353 e. The summed E-state index contributed by atoms with van der Waals surface area (Å²) in [4.78, 5) is 17.6. The molecule has 0 saturated heterocycles. The van der Waals surface area contributed by atoms with Crippen molar-refractivity contribution in [2.45, 2.75) is 42.3 Å². The molecule has 1 fully saturated rings. The molecule has 0 radical (unpaired) electrons. The monoisotopic (exact) mass is 387 g/mol. The second-order valence-corrected chi connectivity index (χ2v) is 9.12. The number of hydrogen-bond acceptors (Lipinski definition) is 5. The number of nitrogens with two attached hydrogens (primary N) is 1. The van der Waals surface area contributed by atoms with Crippen LogP contribution < -0.4 is 11.1 Å². The van der Waals surface area contributed by atoms with E-state index in [1.165, 1.54) is 20.9 Å². The van der Waals surface area contributed by atoms with E-state index in [0.29, 0.717) is 6.54 Å². The number of thiophene rings is 1. The molecule has 1 atom stereocenters. The molecular weight excluding hydrogens is 362 g/mol. The van der Waals surface area contributed by atoms with E-state index in [1.807, 2.05) is 11.3 Å². The molecule has 6 heteroatoms. The molecule has 1 aliphatic heterocycles. The lowest BCUT2D eigenvalue weighted by Gasteiger charge is -2.35. The Hall–Kier alpha value is -1.34. The van der Waals surface area contributed by atoms with E-state index in [1.54, 1.807) is 11.8 Å². The molecule has 1 unspecified atom stereocenters. The highest BCUT2D eigenvalue weighted by Gasteiger charge is 2.46. The van der Waals surface area contributed by atoms with Crippen LogP contribution in [0.3, 0.4) is 0 Å². The highest BCUT2D eigenvalue weighted by atomic mass is 32.2. The van der Waals surface area contributed by atoms with Crippen molar-refractivity contribution in [1.29, 1.82) is 0 Å². The fourth-order valence-corrected chi connectivity index (χ4v) is 4.85. The first-order valence-electron chi connectivity index (χ1n) is 9.09. The van der Waals surface area contributed by atoms with Gasteiger partial charge in [-0.3, -0.25) is 9.69 Å². The van der Waals surface area contributed by atoms with Crippen molar-refractivity contribution in [2.24, 2.45) is 5.73 Å². The van der Waals surface area contributed by atoms with Crippen LogP contribution >= 0.6 is 23.1 Å². The van der Waals surface area contributed by atoms with Crippen molar-refractivity contribution in [3.05, 3.63) is 51.7 Å². The summed E-state index contributed by atoms with van der Waals surface area (Å²) in [6.45, 7) is 2.57. The highest BCUT2D eigenvalue weighted by Crippen LogP contribution is 2.33. The second kappa shape index (κ2) is 7.35. The molecule has 3 N–H and O–H groups in total. The molecule has 1 saturated carbocycles. The van der Waals surface area contributed by atoms with E-state index in [4.69, 9.17) is 5.73 Å². The van der Waals surface area contributed by atoms with Gasteiger partial charge >= 0.3 is 0 Å². The number of carbonyl (C=O) groups excluding carboxylic acids is 1. The van der Waals surface area contributed by atoms with Crippen LogP contribution in [0.25, 0.3) is 0 Å². The molecule has 1 aliphatic carbocycles. The number of hydrogen-bond donors (Lipinski definition) is 2. The molecule has 2 aliphatic rings. The minimum absolute atomic E-state index is 0.00327. The van der Waals surface area contributed by atoms with Gasteiger partial charge in [0, 0.05) is 29.4 Å². The molecule has 1 aromatic heterocycles. The number of nitrogens with zero attached hydrogens (tertiary/aromatic N) is 1. The van der Waals surface area contributed by atoms with E-state index in [-0.39, 0.29) is 11.9 Å². The average molecular weight is 388 g/mol. The van der Waals surface area contributed by atoms with Crippen LogP contribution in [0.1, 0.15) is 34.9 Å². The van der Waals surface area contributed by atoms with Crippen LogP contribution in [0.5, 0.6) is 0 Å². The zero-order chi connectivity index (χ0) is 18.1. The summed E-state index contributed by atoms with van der Waals surface area (Å²) in [5.41, 5.74) is 8.12. The minimum Gasteiger partial charge on any atom is -0.353 e.